The molecule has 0 saturated carbocycles. The van der Waals surface area contributed by atoms with Crippen molar-refractivity contribution < 1.29 is 19.1 Å². The fourth-order valence-corrected chi connectivity index (χ4v) is 3.93. The van der Waals surface area contributed by atoms with E-state index >= 15 is 0 Å². The third kappa shape index (κ3) is 6.57. The summed E-state index contributed by atoms with van der Waals surface area (Å²) >= 11 is 0. The van der Waals surface area contributed by atoms with E-state index in [-0.39, 0.29) is 0 Å². The fraction of sp³-hybridized carbons (Fsp3) is 1.00. The molecule has 0 spiro atoms. The number of aliphatic hydroxyl groups is 2. The van der Waals surface area contributed by atoms with Crippen LogP contribution < -0.4 is 5.73 Å². The molecule has 98 valence electrons. The van der Waals surface area contributed by atoms with Crippen LogP contribution in [0.5, 0.6) is 0 Å². The molecule has 6 heteroatoms. The Morgan fingerprint density at radius 1 is 1.12 bits per heavy atom. The first-order chi connectivity index (χ1) is 7.47. The van der Waals surface area contributed by atoms with E-state index in [1.54, 1.807) is 0 Å². The second-order valence-corrected chi connectivity index (χ2v) is 7.23. The number of hydrogen-bond acceptors (Lipinski definition) is 5. The SMILES string of the molecule is CCC(O)O[Si](C)(CCCN)OC(O)CC. The predicted molar refractivity (Wildman–Crippen MR) is 64.9 cm³/mol. The minimum Gasteiger partial charge on any atom is -0.369 e. The zero-order valence-corrected chi connectivity index (χ0v) is 11.5. The number of nitrogens with two attached hydrogens (primary N) is 1. The summed E-state index contributed by atoms with van der Waals surface area (Å²) in [7, 11) is -2.52. The van der Waals surface area contributed by atoms with E-state index in [0.29, 0.717) is 25.4 Å². The van der Waals surface area contributed by atoms with Crippen molar-refractivity contribution >= 4 is 8.56 Å². The molecule has 0 radical (unpaired) electrons. The lowest BCUT2D eigenvalue weighted by molar-refractivity contribution is -0.0904. The van der Waals surface area contributed by atoms with E-state index in [0.717, 1.165) is 6.42 Å². The normalized spacial score (nSPS) is 19.1. The predicted octanol–water partition coefficient (Wildman–Crippen LogP) is 0.897. The maximum atomic E-state index is 9.50. The smallest absolute Gasteiger partial charge is 0.338 e. The molecular weight excluding hydrogens is 226 g/mol. The minimum absolute atomic E-state index is 0.511. The van der Waals surface area contributed by atoms with Gasteiger partial charge < -0.3 is 24.8 Å². The van der Waals surface area contributed by atoms with Crippen molar-refractivity contribution in [3.8, 4) is 0 Å². The monoisotopic (exact) mass is 251 g/mol. The summed E-state index contributed by atoms with van der Waals surface area (Å²) in [5.41, 5.74) is 5.45. The molecule has 4 N–H and O–H groups in total. The number of aliphatic hydroxyl groups excluding tert-OH is 2. The van der Waals surface area contributed by atoms with Gasteiger partial charge in [0.15, 0.2) is 0 Å². The van der Waals surface area contributed by atoms with Crippen LogP contribution in [0.3, 0.4) is 0 Å². The van der Waals surface area contributed by atoms with Crippen LogP contribution in [0, 0.1) is 0 Å². The van der Waals surface area contributed by atoms with Crippen molar-refractivity contribution in [2.75, 3.05) is 6.54 Å². The molecule has 0 aliphatic carbocycles. The lowest BCUT2D eigenvalue weighted by Gasteiger charge is -2.31. The van der Waals surface area contributed by atoms with Crippen molar-refractivity contribution in [2.24, 2.45) is 5.73 Å². The van der Waals surface area contributed by atoms with Crippen LogP contribution >= 0.6 is 0 Å². The molecule has 5 nitrogen and oxygen atoms in total. The lowest BCUT2D eigenvalue weighted by atomic mass is 10.5. The second kappa shape index (κ2) is 8.16. The van der Waals surface area contributed by atoms with Crippen LogP contribution in [-0.2, 0) is 8.85 Å². The van der Waals surface area contributed by atoms with Crippen molar-refractivity contribution in [3.05, 3.63) is 0 Å². The largest absolute Gasteiger partial charge is 0.369 e. The molecule has 16 heavy (non-hydrogen) atoms. The van der Waals surface area contributed by atoms with E-state index < -0.39 is 21.1 Å². The second-order valence-electron chi connectivity index (χ2n) is 3.99. The van der Waals surface area contributed by atoms with Gasteiger partial charge in [0.1, 0.15) is 12.6 Å². The van der Waals surface area contributed by atoms with E-state index in [2.05, 4.69) is 0 Å². The molecule has 0 aliphatic rings. The first-order valence-corrected chi connectivity index (χ1v) is 8.41. The Labute approximate surface area is 98.8 Å². The zero-order chi connectivity index (χ0) is 12.6. The molecule has 0 aromatic heterocycles. The third-order valence-corrected chi connectivity index (χ3v) is 5.11. The Morgan fingerprint density at radius 2 is 1.56 bits per heavy atom. The molecule has 0 fully saturated rings. The highest BCUT2D eigenvalue weighted by atomic mass is 28.4. The Morgan fingerprint density at radius 3 is 1.88 bits per heavy atom. The highest BCUT2D eigenvalue weighted by Gasteiger charge is 2.35. The molecule has 2 unspecified atom stereocenters. The molecule has 0 amide bonds. The molecule has 0 rings (SSSR count). The Balaban J connectivity index is 4.34. The average molecular weight is 251 g/mol. The topological polar surface area (TPSA) is 84.9 Å². The van der Waals surface area contributed by atoms with Gasteiger partial charge in [0, 0.05) is 0 Å². The van der Waals surface area contributed by atoms with Gasteiger partial charge in [-0.3, -0.25) is 0 Å². The number of rotatable bonds is 9. The molecule has 0 aromatic rings. The van der Waals surface area contributed by atoms with Gasteiger partial charge in [0.2, 0.25) is 0 Å². The van der Waals surface area contributed by atoms with Gasteiger partial charge in [-0.15, -0.1) is 0 Å². The highest BCUT2D eigenvalue weighted by molar-refractivity contribution is 6.66. The van der Waals surface area contributed by atoms with Crippen LogP contribution in [0.25, 0.3) is 0 Å². The van der Waals surface area contributed by atoms with E-state index in [1.807, 2.05) is 20.4 Å². The summed E-state index contributed by atoms with van der Waals surface area (Å²) in [6.45, 7) is 6.07. The minimum atomic E-state index is -2.52. The first kappa shape index (κ1) is 16.0. The molecule has 0 bridgehead atoms. The molecule has 2 atom stereocenters. The van der Waals surface area contributed by atoms with Gasteiger partial charge in [-0.25, -0.2) is 0 Å². The third-order valence-electron chi connectivity index (χ3n) is 2.30. The van der Waals surface area contributed by atoms with Gasteiger partial charge >= 0.3 is 8.56 Å². The van der Waals surface area contributed by atoms with Crippen LogP contribution in [0.4, 0.5) is 0 Å². The fourth-order valence-electron chi connectivity index (χ4n) is 1.31. The van der Waals surface area contributed by atoms with Gasteiger partial charge in [0.05, 0.1) is 0 Å². The quantitative estimate of drug-likeness (QED) is 0.419. The molecule has 0 aliphatic heterocycles. The first-order valence-electron chi connectivity index (χ1n) is 5.89. The van der Waals surface area contributed by atoms with Crippen molar-refractivity contribution in [3.63, 3.8) is 0 Å². The van der Waals surface area contributed by atoms with E-state index in [1.165, 1.54) is 0 Å². The van der Waals surface area contributed by atoms with Crippen molar-refractivity contribution in [1.29, 1.82) is 0 Å². The maximum absolute atomic E-state index is 9.50. The van der Waals surface area contributed by atoms with Gasteiger partial charge in [0.25, 0.3) is 0 Å². The van der Waals surface area contributed by atoms with Crippen molar-refractivity contribution in [1.82, 2.24) is 0 Å². The summed E-state index contributed by atoms with van der Waals surface area (Å²) in [5.74, 6) is 0. The molecule has 0 aromatic carbocycles. The van der Waals surface area contributed by atoms with Crippen LogP contribution in [0.1, 0.15) is 33.1 Å². The van der Waals surface area contributed by atoms with Gasteiger partial charge in [-0.1, -0.05) is 13.8 Å². The van der Waals surface area contributed by atoms with Crippen LogP contribution in [0.15, 0.2) is 0 Å². The van der Waals surface area contributed by atoms with Gasteiger partial charge in [-0.2, -0.15) is 0 Å². The van der Waals surface area contributed by atoms with Crippen molar-refractivity contribution in [2.45, 2.75) is 58.3 Å². The Hall–Kier alpha value is 0.0169. The molecule has 0 saturated heterocycles. The summed E-state index contributed by atoms with van der Waals surface area (Å²) in [6.07, 6.45) is 0.153. The zero-order valence-electron chi connectivity index (χ0n) is 10.5. The van der Waals surface area contributed by atoms with Crippen LogP contribution in [0.2, 0.25) is 12.6 Å². The van der Waals surface area contributed by atoms with E-state index in [9.17, 15) is 10.2 Å². The summed E-state index contributed by atoms with van der Waals surface area (Å²) in [5, 5.41) is 19.0. The summed E-state index contributed by atoms with van der Waals surface area (Å²) < 4.78 is 11.0. The standard InChI is InChI=1S/C10H25NO4Si/c1-4-9(12)14-16(3,8-6-7-11)15-10(13)5-2/h9-10,12-13H,4-8,11H2,1-3H3. The molecule has 0 heterocycles. The Bertz CT molecular complexity index is 170. The Kier molecular flexibility index (Phi) is 8.17. The lowest BCUT2D eigenvalue weighted by Crippen LogP contribution is -2.45. The van der Waals surface area contributed by atoms with Gasteiger partial charge in [-0.05, 0) is 38.4 Å². The maximum Gasteiger partial charge on any atom is 0.338 e. The molecular formula is C10H25NO4Si. The van der Waals surface area contributed by atoms with E-state index in [4.69, 9.17) is 14.6 Å². The van der Waals surface area contributed by atoms with Crippen LogP contribution in [-0.4, -0.2) is 37.9 Å². The summed E-state index contributed by atoms with van der Waals surface area (Å²) in [6, 6.07) is 0.678. The summed E-state index contributed by atoms with van der Waals surface area (Å²) in [4.78, 5) is 0. The number of hydrogen-bond donors (Lipinski definition) is 3. The average Bonchev–Trinajstić information content (AvgIpc) is 2.25. The highest BCUT2D eigenvalue weighted by Crippen LogP contribution is 2.20.